The van der Waals surface area contributed by atoms with Crippen molar-refractivity contribution in [3.8, 4) is 23.0 Å². The molecule has 0 bridgehead atoms. The zero-order valence-electron chi connectivity index (χ0n) is 39.3. The van der Waals surface area contributed by atoms with E-state index < -0.39 is 225 Å². The van der Waals surface area contributed by atoms with E-state index in [9.17, 15) is 129 Å². The average molecular weight is 1310 g/mol. The Morgan fingerprint density at radius 3 is 1.04 bits per heavy atom. The highest BCUT2D eigenvalue weighted by atomic mass is 32.2. The molecule has 35 nitrogen and oxygen atoms in total. The highest BCUT2D eigenvalue weighted by Crippen LogP contribution is 2.49. The monoisotopic (exact) mass is 1310 g/mol. The second-order valence-corrected chi connectivity index (χ2v) is 27.9. The molecule has 0 aromatic heterocycles. The second-order valence-electron chi connectivity index (χ2n) is 16.7. The fourth-order valence-corrected chi connectivity index (χ4v) is 13.1. The molecule has 0 saturated carbocycles. The van der Waals surface area contributed by atoms with E-state index in [1.165, 1.54) is 0 Å². The maximum Gasteiger partial charge on any atom is 0.298 e. The standard InChI is InChI=1S/C40H26N6O29S8/c47-37-25(41-43-35-21-3-1-19(76(52,53)54)5-15(21)7-31(39(35)49)82(70,71)72)13-27(78(58,59)60)23-9-17(10-29(33(23)37)80(64,65)66)45-46(51)18-11-24-28(79(61,62)63)14-26(38(48)34(24)30(12-18)81(67,68)69)42-44-36-22-4-2-20(77(55,56)57)6-16(22)8-32(40(36)50)83(73,74)75/h1-14,47-50H,(H,52,53,54)(H,55,56,57)(H,58,59,60)(H,61,62,63)(H,64,65,66)(H,67,68,69)(H,70,71,72)(H,73,74,75). The first-order valence-corrected chi connectivity index (χ1v) is 32.4. The zero-order chi connectivity index (χ0) is 62.0. The lowest BCUT2D eigenvalue weighted by Crippen LogP contribution is -2.05. The van der Waals surface area contributed by atoms with Crippen molar-refractivity contribution in [2.45, 2.75) is 39.2 Å². The van der Waals surface area contributed by atoms with Gasteiger partial charge in [0, 0.05) is 49.6 Å². The van der Waals surface area contributed by atoms with Gasteiger partial charge >= 0.3 is 0 Å². The van der Waals surface area contributed by atoms with E-state index >= 15 is 0 Å². The van der Waals surface area contributed by atoms with Crippen molar-refractivity contribution in [1.82, 2.24) is 0 Å². The van der Waals surface area contributed by atoms with Gasteiger partial charge in [0.25, 0.3) is 80.9 Å². The van der Waals surface area contributed by atoms with Gasteiger partial charge in [-0.2, -0.15) is 67.3 Å². The number of hydrogen-bond acceptors (Lipinski definition) is 26. The summed E-state index contributed by atoms with van der Waals surface area (Å²) in [4.78, 5) is -11.5. The maximum absolute atomic E-state index is 13.9. The third-order valence-electron chi connectivity index (χ3n) is 11.4. The summed E-state index contributed by atoms with van der Waals surface area (Å²) in [5, 5.41) is 69.0. The van der Waals surface area contributed by atoms with Crippen molar-refractivity contribution < 1.29 is 129 Å². The van der Waals surface area contributed by atoms with Crippen molar-refractivity contribution in [1.29, 1.82) is 0 Å². The van der Waals surface area contributed by atoms with Crippen LogP contribution in [0.15, 0.2) is 150 Å². The van der Waals surface area contributed by atoms with Crippen molar-refractivity contribution in [3.05, 3.63) is 90.1 Å². The third-order valence-corrected chi connectivity index (χ3v) is 18.4. The van der Waals surface area contributed by atoms with Gasteiger partial charge in [0.2, 0.25) is 5.69 Å². The number of azo groups is 3. The van der Waals surface area contributed by atoms with Crippen LogP contribution in [0.1, 0.15) is 0 Å². The van der Waals surface area contributed by atoms with Crippen LogP contribution in [-0.4, -0.2) is 129 Å². The van der Waals surface area contributed by atoms with Crippen LogP contribution in [0.4, 0.5) is 34.1 Å². The fourth-order valence-electron chi connectivity index (χ4n) is 7.98. The van der Waals surface area contributed by atoms with Crippen LogP contribution in [0, 0.1) is 5.21 Å². The summed E-state index contributed by atoms with van der Waals surface area (Å²) in [5.74, 6) is -5.92. The molecule has 8 rings (SSSR count). The van der Waals surface area contributed by atoms with Gasteiger partial charge in [0.1, 0.15) is 57.8 Å². The molecule has 0 atom stereocenters. The Balaban J connectivity index is 1.33. The summed E-state index contributed by atoms with van der Waals surface area (Å²) in [6, 6.07) is 6.74. The Kier molecular flexibility index (Phi) is 14.7. The number of phenolic OH excluding ortho intramolecular Hbond substituents is 4. The van der Waals surface area contributed by atoms with E-state index in [0.29, 0.717) is 48.5 Å². The molecule has 438 valence electrons. The predicted octanol–water partition coefficient (Wildman–Crippen LogP) is 5.85. The number of aromatic hydroxyl groups is 4. The molecule has 0 unspecified atom stereocenters. The van der Waals surface area contributed by atoms with Crippen LogP contribution < -0.4 is 0 Å². The Hall–Kier alpha value is -8.12. The lowest BCUT2D eigenvalue weighted by atomic mass is 10.1. The van der Waals surface area contributed by atoms with E-state index in [1.54, 1.807) is 0 Å². The Morgan fingerprint density at radius 1 is 0.337 bits per heavy atom. The van der Waals surface area contributed by atoms with E-state index in [2.05, 4.69) is 25.6 Å². The minimum absolute atomic E-state index is 0.127. The maximum atomic E-state index is 13.9. The third kappa shape index (κ3) is 11.8. The molecule has 43 heteroatoms. The quantitative estimate of drug-likeness (QED) is 0.0263. The fraction of sp³-hybridized carbons (Fsp3) is 0. The van der Waals surface area contributed by atoms with Crippen molar-refractivity contribution in [2.24, 2.45) is 25.6 Å². The highest BCUT2D eigenvalue weighted by Gasteiger charge is 2.32. The zero-order valence-corrected chi connectivity index (χ0v) is 45.9. The van der Waals surface area contributed by atoms with Gasteiger partial charge in [-0.25, -0.2) is 0 Å². The van der Waals surface area contributed by atoms with Gasteiger partial charge in [-0.1, -0.05) is 17.0 Å². The summed E-state index contributed by atoms with van der Waals surface area (Å²) in [5.41, 5.74) is -6.91. The Bertz CT molecular complexity index is 5370. The highest BCUT2D eigenvalue weighted by molar-refractivity contribution is 7.88. The molecule has 0 aliphatic rings. The topological polar surface area (TPSA) is 604 Å². The Morgan fingerprint density at radius 2 is 0.687 bits per heavy atom. The van der Waals surface area contributed by atoms with Crippen LogP contribution in [0.2, 0.25) is 0 Å². The summed E-state index contributed by atoms with van der Waals surface area (Å²) < 4.78 is 279. The summed E-state index contributed by atoms with van der Waals surface area (Å²) in [7, 11) is -44.2. The van der Waals surface area contributed by atoms with Crippen molar-refractivity contribution >= 4 is 158 Å². The van der Waals surface area contributed by atoms with Crippen LogP contribution in [-0.2, 0) is 80.9 Å². The van der Waals surface area contributed by atoms with Gasteiger partial charge in [0.15, 0.2) is 23.0 Å². The van der Waals surface area contributed by atoms with E-state index in [0.717, 1.165) is 12.1 Å². The van der Waals surface area contributed by atoms with E-state index in [-0.39, 0.29) is 24.3 Å². The van der Waals surface area contributed by atoms with Crippen LogP contribution in [0.3, 0.4) is 0 Å². The summed E-state index contributed by atoms with van der Waals surface area (Å²) in [6.45, 7) is 0. The molecule has 0 spiro atoms. The molecule has 83 heavy (non-hydrogen) atoms. The van der Waals surface area contributed by atoms with Crippen LogP contribution in [0.5, 0.6) is 23.0 Å². The molecular formula is C40H26N6O29S8. The SMILES string of the molecule is O=S(=O)(O)c1ccc2c(N=Nc3cc(S(=O)(=O)O)c4cc(N=[N+]([O-])c5cc(S(=O)(=O)O)c6c(O)c(N=Nc7c(O)c(S(=O)(=O)O)cc8cc(S(=O)(=O)O)ccc78)cc(S(=O)(=O)O)c6c5)cc(S(=O)(=O)O)c4c3O)c(O)c(S(=O)(=O)O)cc2c1. The molecule has 0 radical (unpaired) electrons. The number of fused-ring (bicyclic) bond motifs is 4. The molecule has 0 heterocycles. The smallest absolute Gasteiger partial charge is 0.298 e. The molecule has 12 N–H and O–H groups in total. The molecule has 0 fully saturated rings. The minimum Gasteiger partial charge on any atom is -0.594 e. The average Bonchev–Trinajstić information content (AvgIpc) is 1.75. The van der Waals surface area contributed by atoms with E-state index in [4.69, 9.17) is 0 Å². The predicted molar refractivity (Wildman–Crippen MR) is 275 cm³/mol. The van der Waals surface area contributed by atoms with Crippen LogP contribution >= 0.6 is 0 Å². The molecular weight excluding hydrogens is 1280 g/mol. The van der Waals surface area contributed by atoms with Gasteiger partial charge in [-0.15, -0.1) is 20.5 Å². The molecule has 8 aromatic rings. The summed E-state index contributed by atoms with van der Waals surface area (Å²) in [6.07, 6.45) is 0. The molecule has 0 aliphatic carbocycles. The first-order chi connectivity index (χ1) is 37.8. The Labute approximate surface area is 462 Å². The molecule has 0 amide bonds. The van der Waals surface area contributed by atoms with Crippen LogP contribution in [0.25, 0.3) is 43.1 Å². The minimum atomic E-state index is -5.89. The first-order valence-electron chi connectivity index (χ1n) is 20.9. The first kappa shape index (κ1) is 61.0. The van der Waals surface area contributed by atoms with Gasteiger partial charge in [-0.3, -0.25) is 36.4 Å². The lowest BCUT2D eigenvalue weighted by Gasteiger charge is -2.14. The van der Waals surface area contributed by atoms with E-state index in [1.807, 2.05) is 0 Å². The largest absolute Gasteiger partial charge is 0.594 e. The van der Waals surface area contributed by atoms with Gasteiger partial charge < -0.3 is 25.6 Å². The molecule has 8 aromatic carbocycles. The number of benzene rings is 8. The number of rotatable bonds is 14. The number of phenols is 4. The molecule has 0 saturated heterocycles. The van der Waals surface area contributed by atoms with Gasteiger partial charge in [0.05, 0.1) is 9.79 Å². The second kappa shape index (κ2) is 20.1. The summed E-state index contributed by atoms with van der Waals surface area (Å²) >= 11 is 0. The van der Waals surface area contributed by atoms with Gasteiger partial charge in [-0.05, 0) is 71.4 Å². The van der Waals surface area contributed by atoms with Crippen molar-refractivity contribution in [3.63, 3.8) is 0 Å². The normalized spacial score (nSPS) is 13.8. The lowest BCUT2D eigenvalue weighted by molar-refractivity contribution is -0.435. The molecule has 0 aliphatic heterocycles. The van der Waals surface area contributed by atoms with Crippen molar-refractivity contribution in [2.75, 3.05) is 0 Å². The number of hydrogen-bond donors (Lipinski definition) is 12. The number of nitrogens with zero attached hydrogens (tertiary/aromatic N) is 6.